The number of benzene rings is 2. The molecule has 0 aliphatic heterocycles. The van der Waals surface area contributed by atoms with Gasteiger partial charge in [-0.25, -0.2) is 13.2 Å². The molecule has 0 saturated heterocycles. The molecule has 0 fully saturated rings. The Morgan fingerprint density at radius 1 is 1.11 bits per heavy atom. The number of aryl methyl sites for hydroxylation is 1. The molecule has 0 aliphatic carbocycles. The number of hydrogen-bond acceptors (Lipinski definition) is 8. The second-order valence-corrected chi connectivity index (χ2v) is 8.99. The number of methoxy groups -OCH3 is 1. The Hall–Kier alpha value is -4.12. The maximum absolute atomic E-state index is 13.1. The summed E-state index contributed by atoms with van der Waals surface area (Å²) in [7, 11) is -2.67. The number of nitrogens with zero attached hydrogens (tertiary/aromatic N) is 1. The van der Waals surface area contributed by atoms with Gasteiger partial charge in [-0.05, 0) is 61.9 Å². The van der Waals surface area contributed by atoms with E-state index in [1.54, 1.807) is 32.1 Å². The minimum Gasteiger partial charge on any atom is -0.495 e. The van der Waals surface area contributed by atoms with Crippen molar-refractivity contribution >= 4 is 45.4 Å². The van der Waals surface area contributed by atoms with Crippen LogP contribution in [-0.4, -0.2) is 39.2 Å². The van der Waals surface area contributed by atoms with Crippen LogP contribution in [0.2, 0.25) is 0 Å². The number of aromatic nitrogens is 1. The zero-order chi connectivity index (χ0) is 25.6. The van der Waals surface area contributed by atoms with E-state index in [0.717, 1.165) is 0 Å². The van der Waals surface area contributed by atoms with Gasteiger partial charge >= 0.3 is 5.97 Å². The topological polar surface area (TPSA) is 137 Å². The minimum atomic E-state index is -4.04. The summed E-state index contributed by atoms with van der Waals surface area (Å²) >= 11 is 0. The van der Waals surface area contributed by atoms with Crippen molar-refractivity contribution in [3.8, 4) is 5.75 Å². The number of anilines is 2. The van der Waals surface area contributed by atoms with Gasteiger partial charge in [-0.2, -0.15) is 0 Å². The van der Waals surface area contributed by atoms with E-state index in [-0.39, 0.29) is 28.8 Å². The Morgan fingerprint density at radius 3 is 2.46 bits per heavy atom. The summed E-state index contributed by atoms with van der Waals surface area (Å²) in [4.78, 5) is 23.1. The number of ether oxygens (including phenoxy) is 2. The van der Waals surface area contributed by atoms with Crippen molar-refractivity contribution < 1.29 is 32.0 Å². The van der Waals surface area contributed by atoms with E-state index in [9.17, 15) is 18.0 Å². The van der Waals surface area contributed by atoms with Crippen LogP contribution in [0.25, 0.3) is 12.2 Å². The summed E-state index contributed by atoms with van der Waals surface area (Å²) in [6, 6.07) is 10.5. The molecule has 0 aliphatic rings. The molecular weight excluding hydrogens is 474 g/mol. The normalized spacial score (nSPS) is 11.3. The van der Waals surface area contributed by atoms with E-state index in [0.29, 0.717) is 28.3 Å². The third-order valence-corrected chi connectivity index (χ3v) is 6.15. The van der Waals surface area contributed by atoms with Crippen molar-refractivity contribution in [3.63, 3.8) is 0 Å². The van der Waals surface area contributed by atoms with Gasteiger partial charge in [0, 0.05) is 12.6 Å². The molecule has 35 heavy (non-hydrogen) atoms. The van der Waals surface area contributed by atoms with Gasteiger partial charge in [0.1, 0.15) is 22.0 Å². The third-order valence-electron chi connectivity index (χ3n) is 4.74. The van der Waals surface area contributed by atoms with E-state index in [4.69, 9.17) is 14.0 Å². The Bertz CT molecular complexity index is 1360. The fourth-order valence-electron chi connectivity index (χ4n) is 3.11. The molecule has 0 atom stereocenters. The first kappa shape index (κ1) is 25.5. The zero-order valence-corrected chi connectivity index (χ0v) is 20.4. The van der Waals surface area contributed by atoms with E-state index < -0.39 is 16.0 Å². The Labute approximate surface area is 203 Å². The number of hydrogen-bond donors (Lipinski definition) is 2. The molecule has 2 aromatic carbocycles. The molecule has 11 heteroatoms. The van der Waals surface area contributed by atoms with Gasteiger partial charge in [-0.3, -0.25) is 9.52 Å². The molecule has 1 amide bonds. The maximum Gasteiger partial charge on any atom is 0.338 e. The van der Waals surface area contributed by atoms with Gasteiger partial charge in [0.15, 0.2) is 5.76 Å². The summed E-state index contributed by atoms with van der Waals surface area (Å²) in [5, 5.41) is 6.50. The molecular formula is C24H25N3O7S. The molecule has 3 rings (SSSR count). The number of sulfonamides is 1. The van der Waals surface area contributed by atoms with Crippen LogP contribution in [-0.2, 0) is 19.6 Å². The van der Waals surface area contributed by atoms with Gasteiger partial charge in [-0.1, -0.05) is 17.3 Å². The van der Waals surface area contributed by atoms with Crippen LogP contribution in [0.1, 0.15) is 41.2 Å². The zero-order valence-electron chi connectivity index (χ0n) is 19.6. The average Bonchev–Trinajstić information content (AvgIpc) is 3.16. The Morgan fingerprint density at radius 2 is 1.83 bits per heavy atom. The lowest BCUT2D eigenvalue weighted by Crippen LogP contribution is -2.14. The maximum atomic E-state index is 13.1. The molecule has 10 nitrogen and oxygen atoms in total. The van der Waals surface area contributed by atoms with Gasteiger partial charge in [0.05, 0.1) is 19.3 Å². The summed E-state index contributed by atoms with van der Waals surface area (Å²) in [6.07, 6.45) is 3.20. The van der Waals surface area contributed by atoms with Crippen molar-refractivity contribution in [2.75, 3.05) is 23.8 Å². The first-order valence-electron chi connectivity index (χ1n) is 10.5. The average molecular weight is 500 g/mol. The first-order valence-corrected chi connectivity index (χ1v) is 12.0. The molecule has 0 spiro atoms. The number of esters is 1. The van der Waals surface area contributed by atoms with E-state index >= 15 is 0 Å². The van der Waals surface area contributed by atoms with Crippen molar-refractivity contribution in [3.05, 3.63) is 65.0 Å². The smallest absolute Gasteiger partial charge is 0.338 e. The van der Waals surface area contributed by atoms with Crippen LogP contribution in [0.4, 0.5) is 11.4 Å². The standard InChI is InChI=1S/C24H25N3O7S/c1-5-33-24(29)18-8-10-19(11-9-18)27-35(30,31)22-14-17(6-12-20(22)32-4)7-13-21-23(25-16(3)28)15(2)26-34-21/h6-14,27H,5H2,1-4H3,(H,25,28). The molecule has 2 N–H and O–H groups in total. The summed E-state index contributed by atoms with van der Waals surface area (Å²) in [6.45, 7) is 5.00. The first-order chi connectivity index (χ1) is 16.6. The van der Waals surface area contributed by atoms with Crippen LogP contribution in [0.3, 0.4) is 0 Å². The monoisotopic (exact) mass is 499 g/mol. The third kappa shape index (κ3) is 6.27. The molecule has 0 unspecified atom stereocenters. The summed E-state index contributed by atoms with van der Waals surface area (Å²) in [5.41, 5.74) is 2.05. The highest BCUT2D eigenvalue weighted by Crippen LogP contribution is 2.29. The molecule has 0 bridgehead atoms. The fourth-order valence-corrected chi connectivity index (χ4v) is 4.37. The van der Waals surface area contributed by atoms with Crippen molar-refractivity contribution in [1.29, 1.82) is 0 Å². The molecule has 0 radical (unpaired) electrons. The largest absolute Gasteiger partial charge is 0.495 e. The summed E-state index contributed by atoms with van der Waals surface area (Å²) in [5.74, 6) is -0.304. The quantitative estimate of drug-likeness (QED) is 0.420. The van der Waals surface area contributed by atoms with Crippen LogP contribution in [0.5, 0.6) is 5.75 Å². The Balaban J connectivity index is 1.87. The van der Waals surface area contributed by atoms with Gasteiger partial charge in [0.2, 0.25) is 5.91 Å². The van der Waals surface area contributed by atoms with Gasteiger partial charge < -0.3 is 19.3 Å². The predicted octanol–water partition coefficient (Wildman–Crippen LogP) is 4.10. The van der Waals surface area contributed by atoms with Crippen molar-refractivity contribution in [2.24, 2.45) is 0 Å². The van der Waals surface area contributed by atoms with Crippen molar-refractivity contribution in [1.82, 2.24) is 5.16 Å². The van der Waals surface area contributed by atoms with Gasteiger partial charge in [-0.15, -0.1) is 0 Å². The van der Waals surface area contributed by atoms with E-state index in [1.165, 1.54) is 50.4 Å². The van der Waals surface area contributed by atoms with E-state index in [2.05, 4.69) is 15.2 Å². The molecule has 1 heterocycles. The second kappa shape index (κ2) is 10.9. The second-order valence-electron chi connectivity index (χ2n) is 7.34. The van der Waals surface area contributed by atoms with Crippen LogP contribution < -0.4 is 14.8 Å². The number of carbonyl (C=O) groups is 2. The molecule has 3 aromatic rings. The SMILES string of the molecule is CCOC(=O)c1ccc(NS(=O)(=O)c2cc(C=Cc3onc(C)c3NC(C)=O)ccc2OC)cc1. The summed E-state index contributed by atoms with van der Waals surface area (Å²) < 4.78 is 44.2. The predicted molar refractivity (Wildman–Crippen MR) is 131 cm³/mol. The van der Waals surface area contributed by atoms with Crippen LogP contribution in [0, 0.1) is 6.92 Å². The number of carbonyl (C=O) groups excluding carboxylic acids is 2. The molecule has 1 aromatic heterocycles. The van der Waals surface area contributed by atoms with E-state index in [1.807, 2.05) is 0 Å². The highest BCUT2D eigenvalue weighted by molar-refractivity contribution is 7.92. The lowest BCUT2D eigenvalue weighted by molar-refractivity contribution is -0.114. The highest BCUT2D eigenvalue weighted by atomic mass is 32.2. The lowest BCUT2D eigenvalue weighted by Gasteiger charge is -2.13. The number of amides is 1. The fraction of sp³-hybridized carbons (Fsp3) is 0.208. The number of nitrogens with one attached hydrogen (secondary N) is 2. The highest BCUT2D eigenvalue weighted by Gasteiger charge is 2.21. The lowest BCUT2D eigenvalue weighted by atomic mass is 10.2. The Kier molecular flexibility index (Phi) is 7.92. The number of rotatable bonds is 9. The van der Waals surface area contributed by atoms with Gasteiger partial charge in [0.25, 0.3) is 10.0 Å². The van der Waals surface area contributed by atoms with Crippen LogP contribution >= 0.6 is 0 Å². The van der Waals surface area contributed by atoms with Crippen molar-refractivity contribution in [2.45, 2.75) is 25.7 Å². The minimum absolute atomic E-state index is 0.0903. The van der Waals surface area contributed by atoms with Crippen LogP contribution in [0.15, 0.2) is 51.9 Å². The molecule has 184 valence electrons. The molecule has 0 saturated carbocycles.